The van der Waals surface area contributed by atoms with Crippen LogP contribution < -0.4 is 9.64 Å². The third kappa shape index (κ3) is 2.21. The number of rotatable bonds is 3. The highest BCUT2D eigenvalue weighted by molar-refractivity contribution is 9.10. The van der Waals surface area contributed by atoms with Crippen LogP contribution in [0.1, 0.15) is 15.9 Å². The first kappa shape index (κ1) is 14.3. The van der Waals surface area contributed by atoms with Crippen LogP contribution >= 0.6 is 15.9 Å². The molecule has 1 aliphatic rings. The summed E-state index contributed by atoms with van der Waals surface area (Å²) in [5.74, 6) is 0.843. The van der Waals surface area contributed by atoms with Crippen molar-refractivity contribution in [2.45, 2.75) is 6.54 Å². The van der Waals surface area contributed by atoms with Crippen LogP contribution in [0.3, 0.4) is 0 Å². The van der Waals surface area contributed by atoms with Crippen molar-refractivity contribution in [1.29, 1.82) is 0 Å². The molecule has 1 amide bonds. The van der Waals surface area contributed by atoms with Crippen LogP contribution in [0.4, 0.5) is 5.69 Å². The molecule has 1 aliphatic heterocycles. The third-order valence-electron chi connectivity index (χ3n) is 4.21. The fourth-order valence-electron chi connectivity index (χ4n) is 3.13. The summed E-state index contributed by atoms with van der Waals surface area (Å²) in [7, 11) is 1.64. The van der Waals surface area contributed by atoms with Crippen LogP contribution in [-0.4, -0.2) is 13.0 Å². The van der Waals surface area contributed by atoms with Crippen LogP contribution in [0.15, 0.2) is 59.1 Å². The van der Waals surface area contributed by atoms with E-state index in [0.717, 1.165) is 37.8 Å². The van der Waals surface area contributed by atoms with Gasteiger partial charge in [0.25, 0.3) is 5.91 Å². The smallest absolute Gasteiger partial charge is 0.259 e. The van der Waals surface area contributed by atoms with E-state index >= 15 is 0 Å². The van der Waals surface area contributed by atoms with Crippen molar-refractivity contribution in [2.75, 3.05) is 12.0 Å². The number of halogens is 1. The predicted molar refractivity (Wildman–Crippen MR) is 95.2 cm³/mol. The lowest BCUT2D eigenvalue weighted by Gasteiger charge is -2.18. The van der Waals surface area contributed by atoms with Gasteiger partial charge in [-0.05, 0) is 51.1 Å². The SMILES string of the molecule is COc1ccc(CN2C(=O)c3cccc4cccc2c34)cc1Br. The second-order valence-electron chi connectivity index (χ2n) is 5.54. The quantitative estimate of drug-likeness (QED) is 0.667. The second-order valence-corrected chi connectivity index (χ2v) is 6.40. The number of benzene rings is 3. The summed E-state index contributed by atoms with van der Waals surface area (Å²) in [6, 6.07) is 17.8. The standard InChI is InChI=1S/C19H14BrNO2/c1-23-17-9-8-12(10-15(17)20)11-21-16-7-3-5-13-4-2-6-14(18(13)16)19(21)22/h2-10H,11H2,1H3. The van der Waals surface area contributed by atoms with Crippen molar-refractivity contribution in [3.63, 3.8) is 0 Å². The van der Waals surface area contributed by atoms with Crippen LogP contribution in [0.5, 0.6) is 5.75 Å². The molecule has 0 unspecified atom stereocenters. The van der Waals surface area contributed by atoms with Crippen molar-refractivity contribution < 1.29 is 9.53 Å². The fraction of sp³-hybridized carbons (Fsp3) is 0.105. The molecule has 0 spiro atoms. The Hall–Kier alpha value is -2.33. The molecule has 0 saturated heterocycles. The molecule has 0 aliphatic carbocycles. The molecule has 0 bridgehead atoms. The normalized spacial score (nSPS) is 13.0. The Morgan fingerprint density at radius 2 is 1.87 bits per heavy atom. The van der Waals surface area contributed by atoms with Gasteiger partial charge in [0, 0.05) is 10.9 Å². The van der Waals surface area contributed by atoms with Gasteiger partial charge in [-0.2, -0.15) is 0 Å². The number of ether oxygens (including phenoxy) is 1. The van der Waals surface area contributed by atoms with Gasteiger partial charge in [-0.25, -0.2) is 0 Å². The van der Waals surface area contributed by atoms with Crippen LogP contribution in [0.25, 0.3) is 10.8 Å². The maximum atomic E-state index is 12.8. The monoisotopic (exact) mass is 367 g/mol. The van der Waals surface area contributed by atoms with Gasteiger partial charge in [-0.3, -0.25) is 4.79 Å². The molecule has 3 nitrogen and oxygen atoms in total. The first-order chi connectivity index (χ1) is 11.2. The lowest BCUT2D eigenvalue weighted by molar-refractivity contribution is 0.0991. The van der Waals surface area contributed by atoms with E-state index in [-0.39, 0.29) is 5.91 Å². The van der Waals surface area contributed by atoms with E-state index in [1.165, 1.54) is 0 Å². The van der Waals surface area contributed by atoms with Crippen molar-refractivity contribution >= 4 is 38.3 Å². The average molecular weight is 368 g/mol. The van der Waals surface area contributed by atoms with Gasteiger partial charge in [0.1, 0.15) is 5.75 Å². The topological polar surface area (TPSA) is 29.5 Å². The minimum Gasteiger partial charge on any atom is -0.496 e. The average Bonchev–Trinajstić information content (AvgIpc) is 2.83. The molecule has 0 atom stereocenters. The molecule has 3 aromatic carbocycles. The summed E-state index contributed by atoms with van der Waals surface area (Å²) in [6.07, 6.45) is 0. The van der Waals surface area contributed by atoms with Crippen LogP contribution in [-0.2, 0) is 6.54 Å². The zero-order valence-electron chi connectivity index (χ0n) is 12.5. The van der Waals surface area contributed by atoms with E-state index in [0.29, 0.717) is 6.54 Å². The minimum atomic E-state index is 0.0590. The van der Waals surface area contributed by atoms with E-state index in [4.69, 9.17) is 4.74 Å². The third-order valence-corrected chi connectivity index (χ3v) is 4.83. The lowest BCUT2D eigenvalue weighted by Crippen LogP contribution is -2.26. The van der Waals surface area contributed by atoms with Crippen molar-refractivity contribution in [2.24, 2.45) is 0 Å². The maximum absolute atomic E-state index is 12.8. The predicted octanol–water partition coefficient (Wildman–Crippen LogP) is 4.77. The number of carbonyl (C=O) groups excluding carboxylic acids is 1. The Balaban J connectivity index is 1.76. The molecule has 0 saturated carbocycles. The molecule has 23 heavy (non-hydrogen) atoms. The Morgan fingerprint density at radius 3 is 2.61 bits per heavy atom. The molecule has 3 aromatic rings. The second kappa shape index (κ2) is 5.39. The van der Waals surface area contributed by atoms with Crippen molar-refractivity contribution in [3.8, 4) is 5.75 Å². The van der Waals surface area contributed by atoms with E-state index in [9.17, 15) is 4.79 Å². The van der Waals surface area contributed by atoms with Gasteiger partial charge in [0.15, 0.2) is 0 Å². The van der Waals surface area contributed by atoms with E-state index in [2.05, 4.69) is 15.9 Å². The highest BCUT2D eigenvalue weighted by Gasteiger charge is 2.29. The van der Waals surface area contributed by atoms with Gasteiger partial charge in [0.2, 0.25) is 0 Å². The first-order valence-electron chi connectivity index (χ1n) is 7.35. The van der Waals surface area contributed by atoms with Crippen LogP contribution in [0, 0.1) is 0 Å². The van der Waals surface area contributed by atoms with Gasteiger partial charge < -0.3 is 9.64 Å². The van der Waals surface area contributed by atoms with E-state index in [1.54, 1.807) is 7.11 Å². The number of amides is 1. The number of methoxy groups -OCH3 is 1. The van der Waals surface area contributed by atoms with Crippen LogP contribution in [0.2, 0.25) is 0 Å². The highest BCUT2D eigenvalue weighted by Crippen LogP contribution is 2.38. The van der Waals surface area contributed by atoms with Gasteiger partial charge in [0.05, 0.1) is 23.8 Å². The summed E-state index contributed by atoms with van der Waals surface area (Å²) >= 11 is 3.50. The highest BCUT2D eigenvalue weighted by atomic mass is 79.9. The van der Waals surface area contributed by atoms with Gasteiger partial charge in [-0.15, -0.1) is 0 Å². The van der Waals surface area contributed by atoms with E-state index < -0.39 is 0 Å². The molecule has 0 fully saturated rings. The summed E-state index contributed by atoms with van der Waals surface area (Å²) in [4.78, 5) is 14.6. The summed E-state index contributed by atoms with van der Waals surface area (Å²) in [5, 5.41) is 2.15. The molecular weight excluding hydrogens is 354 g/mol. The number of hydrogen-bond donors (Lipinski definition) is 0. The molecule has 0 aromatic heterocycles. The molecule has 4 heteroatoms. The van der Waals surface area contributed by atoms with Crippen molar-refractivity contribution in [3.05, 3.63) is 70.2 Å². The number of nitrogens with zero attached hydrogens (tertiary/aromatic N) is 1. The number of anilines is 1. The Kier molecular flexibility index (Phi) is 3.34. The molecular formula is C19H14BrNO2. The molecule has 4 rings (SSSR count). The number of hydrogen-bond acceptors (Lipinski definition) is 2. The Labute approximate surface area is 142 Å². The van der Waals surface area contributed by atoms with E-state index in [1.807, 2.05) is 59.5 Å². The molecule has 1 heterocycles. The Bertz CT molecular complexity index is 931. The molecule has 0 N–H and O–H groups in total. The maximum Gasteiger partial charge on any atom is 0.259 e. The minimum absolute atomic E-state index is 0.0590. The molecule has 0 radical (unpaired) electrons. The summed E-state index contributed by atoms with van der Waals surface area (Å²) in [6.45, 7) is 0.537. The van der Waals surface area contributed by atoms with Gasteiger partial charge >= 0.3 is 0 Å². The van der Waals surface area contributed by atoms with Crippen molar-refractivity contribution in [1.82, 2.24) is 0 Å². The van der Waals surface area contributed by atoms with Gasteiger partial charge in [-0.1, -0.05) is 30.3 Å². The lowest BCUT2D eigenvalue weighted by atomic mass is 10.1. The first-order valence-corrected chi connectivity index (χ1v) is 8.14. The Morgan fingerprint density at radius 1 is 1.09 bits per heavy atom. The zero-order valence-corrected chi connectivity index (χ0v) is 14.1. The summed E-state index contributed by atoms with van der Waals surface area (Å²) in [5.41, 5.74) is 2.82. The summed E-state index contributed by atoms with van der Waals surface area (Å²) < 4.78 is 6.15. The zero-order chi connectivity index (χ0) is 16.0. The molecule has 114 valence electrons. The largest absolute Gasteiger partial charge is 0.496 e. The fourth-order valence-corrected chi connectivity index (χ4v) is 3.71. The number of carbonyl (C=O) groups is 1.